The second-order valence-electron chi connectivity index (χ2n) is 4.60. The van der Waals surface area contributed by atoms with Crippen LogP contribution in [0.5, 0.6) is 0 Å². The van der Waals surface area contributed by atoms with E-state index in [9.17, 15) is 22.8 Å². The fourth-order valence-electron chi connectivity index (χ4n) is 1.69. The topological polar surface area (TPSA) is 51.1 Å². The first-order valence-electron chi connectivity index (χ1n) is 5.88. The van der Waals surface area contributed by atoms with Gasteiger partial charge in [0.15, 0.2) is 5.78 Å². The highest BCUT2D eigenvalue weighted by molar-refractivity contribution is 5.99. The predicted octanol–water partition coefficient (Wildman–Crippen LogP) is 1.76. The third-order valence-corrected chi connectivity index (χ3v) is 2.80. The number of nitrogens with zero attached hydrogens (tertiary/aromatic N) is 1. The first-order chi connectivity index (χ1) is 8.85. The van der Waals surface area contributed by atoms with Gasteiger partial charge in [0.25, 0.3) is 0 Å². The highest BCUT2D eigenvalue weighted by atomic mass is 19.4. The highest BCUT2D eigenvalue weighted by Gasteiger charge is 2.31. The summed E-state index contributed by atoms with van der Waals surface area (Å²) >= 11 is 0. The maximum Gasteiger partial charge on any atom is 0.405 e. The minimum Gasteiger partial charge on any atom is -0.345 e. The molecule has 1 aromatic heterocycles. The van der Waals surface area contributed by atoms with Gasteiger partial charge in [0.05, 0.1) is 0 Å². The first-order valence-corrected chi connectivity index (χ1v) is 5.88. The third-order valence-electron chi connectivity index (χ3n) is 2.80. The molecule has 1 heterocycles. The number of carbonyl (C=O) groups is 2. The van der Waals surface area contributed by atoms with Gasteiger partial charge in [-0.25, -0.2) is 0 Å². The Hall–Kier alpha value is -1.79. The SMILES string of the molecule is O=C(Cn1ccc(C(=O)C2CC2)c1)NCC(F)(F)F. The van der Waals surface area contributed by atoms with Gasteiger partial charge in [-0.3, -0.25) is 9.59 Å². The van der Waals surface area contributed by atoms with Crippen LogP contribution < -0.4 is 5.32 Å². The van der Waals surface area contributed by atoms with Gasteiger partial charge in [0.1, 0.15) is 13.1 Å². The van der Waals surface area contributed by atoms with E-state index in [0.717, 1.165) is 12.8 Å². The lowest BCUT2D eigenvalue weighted by Crippen LogP contribution is -2.35. The number of amides is 1. The largest absolute Gasteiger partial charge is 0.405 e. The van der Waals surface area contributed by atoms with Crippen LogP contribution >= 0.6 is 0 Å². The van der Waals surface area contributed by atoms with Gasteiger partial charge in [-0.15, -0.1) is 0 Å². The minimum absolute atomic E-state index is 0.0365. The van der Waals surface area contributed by atoms with Crippen molar-refractivity contribution in [3.8, 4) is 0 Å². The zero-order valence-electron chi connectivity index (χ0n) is 10.0. The predicted molar refractivity (Wildman–Crippen MR) is 60.6 cm³/mol. The molecule has 7 heteroatoms. The summed E-state index contributed by atoms with van der Waals surface area (Å²) in [6.45, 7) is -1.57. The molecule has 0 unspecified atom stereocenters. The highest BCUT2D eigenvalue weighted by Crippen LogP contribution is 2.32. The van der Waals surface area contributed by atoms with Crippen molar-refractivity contribution in [3.63, 3.8) is 0 Å². The maximum atomic E-state index is 11.9. The van der Waals surface area contributed by atoms with Crippen molar-refractivity contribution in [2.24, 2.45) is 5.92 Å². The Morgan fingerprint density at radius 2 is 2.05 bits per heavy atom. The summed E-state index contributed by atoms with van der Waals surface area (Å²) in [7, 11) is 0. The molecule has 1 aliphatic rings. The molecule has 0 atom stereocenters. The van der Waals surface area contributed by atoms with Gasteiger partial charge >= 0.3 is 6.18 Å². The van der Waals surface area contributed by atoms with Crippen molar-refractivity contribution in [1.29, 1.82) is 0 Å². The molecule has 0 aliphatic heterocycles. The molecule has 1 fully saturated rings. The van der Waals surface area contributed by atoms with Crippen LogP contribution in [-0.4, -0.2) is 29.0 Å². The van der Waals surface area contributed by atoms with E-state index in [-0.39, 0.29) is 18.2 Å². The Morgan fingerprint density at radius 1 is 1.37 bits per heavy atom. The van der Waals surface area contributed by atoms with Crippen molar-refractivity contribution in [3.05, 3.63) is 24.0 Å². The Balaban J connectivity index is 1.85. The molecule has 1 amide bonds. The molecule has 0 radical (unpaired) electrons. The number of rotatable bonds is 5. The Labute approximate surface area is 107 Å². The van der Waals surface area contributed by atoms with E-state index in [1.165, 1.54) is 17.0 Å². The Kier molecular flexibility index (Phi) is 3.64. The Morgan fingerprint density at radius 3 is 2.63 bits per heavy atom. The molecule has 0 saturated heterocycles. The number of nitrogens with one attached hydrogen (secondary N) is 1. The van der Waals surface area contributed by atoms with Crippen LogP contribution in [0.25, 0.3) is 0 Å². The second-order valence-corrected chi connectivity index (χ2v) is 4.60. The molecule has 19 heavy (non-hydrogen) atoms. The zero-order chi connectivity index (χ0) is 14.0. The number of Topliss-reactive ketones (excluding diaryl/α,β-unsaturated/α-hetero) is 1. The maximum absolute atomic E-state index is 11.9. The number of hydrogen-bond donors (Lipinski definition) is 1. The molecule has 1 saturated carbocycles. The van der Waals surface area contributed by atoms with E-state index in [0.29, 0.717) is 5.56 Å². The summed E-state index contributed by atoms with van der Waals surface area (Å²) in [6.07, 6.45) is 0.363. The van der Waals surface area contributed by atoms with Crippen molar-refractivity contribution in [1.82, 2.24) is 9.88 Å². The van der Waals surface area contributed by atoms with Crippen LogP contribution in [0.1, 0.15) is 23.2 Å². The van der Waals surface area contributed by atoms with Crippen molar-refractivity contribution >= 4 is 11.7 Å². The number of ketones is 1. The van der Waals surface area contributed by atoms with Crippen LogP contribution in [-0.2, 0) is 11.3 Å². The van der Waals surface area contributed by atoms with Crippen molar-refractivity contribution < 1.29 is 22.8 Å². The quantitative estimate of drug-likeness (QED) is 0.832. The molecule has 4 nitrogen and oxygen atoms in total. The normalized spacial score (nSPS) is 15.3. The van der Waals surface area contributed by atoms with Gasteiger partial charge in [-0.2, -0.15) is 13.2 Å². The van der Waals surface area contributed by atoms with E-state index >= 15 is 0 Å². The van der Waals surface area contributed by atoms with Crippen molar-refractivity contribution in [2.45, 2.75) is 25.6 Å². The van der Waals surface area contributed by atoms with Crippen LogP contribution in [0.3, 0.4) is 0 Å². The second kappa shape index (κ2) is 5.07. The van der Waals surface area contributed by atoms with Crippen LogP contribution in [0.4, 0.5) is 13.2 Å². The molecule has 0 bridgehead atoms. The Bertz CT molecular complexity index is 489. The summed E-state index contributed by atoms with van der Waals surface area (Å²) in [6, 6.07) is 1.58. The van der Waals surface area contributed by atoms with Gasteiger partial charge in [-0.1, -0.05) is 0 Å². The number of hydrogen-bond acceptors (Lipinski definition) is 2. The fourth-order valence-corrected chi connectivity index (χ4v) is 1.69. The molecule has 1 N–H and O–H groups in total. The monoisotopic (exact) mass is 274 g/mol. The average molecular weight is 274 g/mol. The van der Waals surface area contributed by atoms with E-state index in [1.807, 2.05) is 0 Å². The average Bonchev–Trinajstić information content (AvgIpc) is 3.06. The van der Waals surface area contributed by atoms with Gasteiger partial charge < -0.3 is 9.88 Å². The van der Waals surface area contributed by atoms with Gasteiger partial charge in [0.2, 0.25) is 5.91 Å². The zero-order valence-corrected chi connectivity index (χ0v) is 10.0. The minimum atomic E-state index is -4.42. The molecular formula is C12H13F3N2O2. The molecule has 1 aromatic rings. The smallest absolute Gasteiger partial charge is 0.345 e. The van der Waals surface area contributed by atoms with E-state index in [4.69, 9.17) is 0 Å². The molecule has 0 aromatic carbocycles. The summed E-state index contributed by atoms with van der Waals surface area (Å²) < 4.78 is 37.1. The van der Waals surface area contributed by atoms with E-state index in [1.54, 1.807) is 11.4 Å². The molecular weight excluding hydrogens is 261 g/mol. The summed E-state index contributed by atoms with van der Waals surface area (Å²) in [5, 5.41) is 1.77. The lowest BCUT2D eigenvalue weighted by molar-refractivity contribution is -0.138. The van der Waals surface area contributed by atoms with Gasteiger partial charge in [-0.05, 0) is 18.9 Å². The van der Waals surface area contributed by atoms with E-state index in [2.05, 4.69) is 0 Å². The number of alkyl halides is 3. The van der Waals surface area contributed by atoms with E-state index < -0.39 is 18.6 Å². The summed E-state index contributed by atoms with van der Waals surface area (Å²) in [4.78, 5) is 23.0. The fraction of sp³-hybridized carbons (Fsp3) is 0.500. The first kappa shape index (κ1) is 13.6. The molecule has 2 rings (SSSR count). The number of halogens is 3. The lowest BCUT2D eigenvalue weighted by atomic mass is 10.1. The number of aromatic nitrogens is 1. The summed E-state index contributed by atoms with van der Waals surface area (Å²) in [5.74, 6) is -0.622. The van der Waals surface area contributed by atoms with Crippen LogP contribution in [0.15, 0.2) is 18.5 Å². The molecule has 0 spiro atoms. The summed E-state index contributed by atoms with van der Waals surface area (Å²) in [5.41, 5.74) is 0.506. The van der Waals surface area contributed by atoms with Gasteiger partial charge in [0, 0.05) is 23.9 Å². The standard InChI is InChI=1S/C12H13F3N2O2/c13-12(14,15)7-16-10(18)6-17-4-3-9(5-17)11(19)8-1-2-8/h3-5,8H,1-2,6-7H2,(H,16,18). The van der Waals surface area contributed by atoms with Crippen LogP contribution in [0.2, 0.25) is 0 Å². The molecule has 1 aliphatic carbocycles. The van der Waals surface area contributed by atoms with Crippen LogP contribution in [0, 0.1) is 5.92 Å². The molecule has 104 valence electrons. The lowest BCUT2D eigenvalue weighted by Gasteiger charge is -2.08. The number of carbonyl (C=O) groups excluding carboxylic acids is 2. The van der Waals surface area contributed by atoms with Crippen molar-refractivity contribution in [2.75, 3.05) is 6.54 Å². The third kappa shape index (κ3) is 4.11.